The van der Waals surface area contributed by atoms with Gasteiger partial charge in [-0.1, -0.05) is 32.0 Å². The van der Waals surface area contributed by atoms with Crippen LogP contribution in [0.2, 0.25) is 0 Å². The molecule has 0 aliphatic heterocycles. The highest BCUT2D eigenvalue weighted by Gasteiger charge is 2.11. The number of amides is 1. The first kappa shape index (κ1) is 19.8. The van der Waals surface area contributed by atoms with Crippen LogP contribution in [0.1, 0.15) is 51.2 Å². The molecule has 4 nitrogen and oxygen atoms in total. The predicted molar refractivity (Wildman–Crippen MR) is 109 cm³/mol. The molecule has 26 heavy (non-hydrogen) atoms. The highest BCUT2D eigenvalue weighted by atomic mass is 16.5. The lowest BCUT2D eigenvalue weighted by molar-refractivity contribution is -0.115. The topological polar surface area (TPSA) is 50.4 Å². The number of benzene rings is 2. The van der Waals surface area contributed by atoms with E-state index in [1.165, 1.54) is 5.56 Å². The SMILES string of the molecule is Cc1cccc(C(C)C)c1NC(=O)CCNc1ccc(OC(C)C)cc1. The van der Waals surface area contributed by atoms with Crippen LogP contribution in [0.3, 0.4) is 0 Å². The number of carbonyl (C=O) groups excluding carboxylic acids is 1. The van der Waals surface area contributed by atoms with Crippen molar-refractivity contribution in [1.29, 1.82) is 0 Å². The summed E-state index contributed by atoms with van der Waals surface area (Å²) in [5.41, 5.74) is 4.20. The third-order valence-electron chi connectivity index (χ3n) is 4.10. The van der Waals surface area contributed by atoms with Gasteiger partial charge in [-0.3, -0.25) is 4.79 Å². The van der Waals surface area contributed by atoms with Gasteiger partial charge in [0.05, 0.1) is 6.10 Å². The van der Waals surface area contributed by atoms with Crippen LogP contribution < -0.4 is 15.4 Å². The Morgan fingerprint density at radius 2 is 1.73 bits per heavy atom. The summed E-state index contributed by atoms with van der Waals surface area (Å²) in [6, 6.07) is 13.9. The summed E-state index contributed by atoms with van der Waals surface area (Å²) in [5.74, 6) is 1.24. The number of carbonyl (C=O) groups is 1. The lowest BCUT2D eigenvalue weighted by Gasteiger charge is -2.16. The molecule has 2 aromatic rings. The highest BCUT2D eigenvalue weighted by molar-refractivity contribution is 5.92. The van der Waals surface area contributed by atoms with Crippen LogP contribution in [0.25, 0.3) is 0 Å². The molecule has 4 heteroatoms. The summed E-state index contributed by atoms with van der Waals surface area (Å²) in [7, 11) is 0. The van der Waals surface area contributed by atoms with Crippen LogP contribution in [0, 0.1) is 6.92 Å². The fourth-order valence-corrected chi connectivity index (χ4v) is 2.79. The molecule has 0 aromatic heterocycles. The lowest BCUT2D eigenvalue weighted by Crippen LogP contribution is -2.18. The van der Waals surface area contributed by atoms with Crippen LogP contribution in [-0.4, -0.2) is 18.6 Å². The van der Waals surface area contributed by atoms with E-state index in [1.54, 1.807) is 0 Å². The molecule has 0 unspecified atom stereocenters. The van der Waals surface area contributed by atoms with Crippen molar-refractivity contribution in [3.63, 3.8) is 0 Å². The molecule has 0 aliphatic carbocycles. The molecular formula is C22H30N2O2. The van der Waals surface area contributed by atoms with E-state index in [9.17, 15) is 4.79 Å². The third-order valence-corrected chi connectivity index (χ3v) is 4.10. The maximum Gasteiger partial charge on any atom is 0.226 e. The maximum absolute atomic E-state index is 12.3. The minimum atomic E-state index is 0.0217. The van der Waals surface area contributed by atoms with E-state index in [0.29, 0.717) is 18.9 Å². The molecule has 2 rings (SSSR count). The largest absolute Gasteiger partial charge is 0.491 e. The number of rotatable bonds is 8. The van der Waals surface area contributed by atoms with Gasteiger partial charge in [0.15, 0.2) is 0 Å². The number of anilines is 2. The smallest absolute Gasteiger partial charge is 0.226 e. The molecule has 1 amide bonds. The van der Waals surface area contributed by atoms with Crippen molar-refractivity contribution in [3.8, 4) is 5.75 Å². The number of hydrogen-bond donors (Lipinski definition) is 2. The van der Waals surface area contributed by atoms with Crippen LogP contribution in [-0.2, 0) is 4.79 Å². The Balaban J connectivity index is 1.86. The molecule has 0 atom stereocenters. The van der Waals surface area contributed by atoms with Crippen molar-refractivity contribution in [2.75, 3.05) is 17.2 Å². The maximum atomic E-state index is 12.3. The molecule has 0 aliphatic rings. The number of para-hydroxylation sites is 1. The zero-order valence-electron chi connectivity index (χ0n) is 16.4. The first-order valence-electron chi connectivity index (χ1n) is 9.26. The molecular weight excluding hydrogens is 324 g/mol. The number of nitrogens with one attached hydrogen (secondary N) is 2. The second-order valence-electron chi connectivity index (χ2n) is 7.11. The zero-order valence-corrected chi connectivity index (χ0v) is 16.4. The summed E-state index contributed by atoms with van der Waals surface area (Å²) in [6.07, 6.45) is 0.575. The minimum Gasteiger partial charge on any atom is -0.491 e. The van der Waals surface area contributed by atoms with E-state index < -0.39 is 0 Å². The monoisotopic (exact) mass is 354 g/mol. The molecule has 0 heterocycles. The van der Waals surface area contributed by atoms with Gasteiger partial charge in [0.2, 0.25) is 5.91 Å². The molecule has 0 saturated heterocycles. The van der Waals surface area contributed by atoms with Crippen LogP contribution in [0.15, 0.2) is 42.5 Å². The molecule has 0 saturated carbocycles. The first-order valence-corrected chi connectivity index (χ1v) is 9.26. The molecule has 0 bridgehead atoms. The van der Waals surface area contributed by atoms with E-state index in [-0.39, 0.29) is 12.0 Å². The number of hydrogen-bond acceptors (Lipinski definition) is 3. The van der Waals surface area contributed by atoms with E-state index in [4.69, 9.17) is 4.74 Å². The van der Waals surface area contributed by atoms with Crippen LogP contribution in [0.4, 0.5) is 11.4 Å². The predicted octanol–water partition coefficient (Wildman–Crippen LogP) is 5.35. The number of aryl methyl sites for hydroxylation is 1. The Labute approximate surface area is 157 Å². The normalized spacial score (nSPS) is 10.9. The first-order chi connectivity index (χ1) is 12.4. The van der Waals surface area contributed by atoms with Crippen molar-refractivity contribution < 1.29 is 9.53 Å². The van der Waals surface area contributed by atoms with Crippen LogP contribution >= 0.6 is 0 Å². The van der Waals surface area contributed by atoms with E-state index >= 15 is 0 Å². The van der Waals surface area contributed by atoms with Crippen molar-refractivity contribution in [2.45, 2.75) is 53.1 Å². The van der Waals surface area contributed by atoms with Crippen molar-refractivity contribution in [1.82, 2.24) is 0 Å². The Morgan fingerprint density at radius 1 is 1.04 bits per heavy atom. The van der Waals surface area contributed by atoms with Crippen LogP contribution in [0.5, 0.6) is 5.75 Å². The summed E-state index contributed by atoms with van der Waals surface area (Å²) in [4.78, 5) is 12.3. The lowest BCUT2D eigenvalue weighted by atomic mass is 9.98. The van der Waals surface area contributed by atoms with Crippen molar-refractivity contribution in [3.05, 3.63) is 53.6 Å². The van der Waals surface area contributed by atoms with Gasteiger partial charge in [-0.2, -0.15) is 0 Å². The Bertz CT molecular complexity index is 721. The Kier molecular flexibility index (Phi) is 7.07. The van der Waals surface area contributed by atoms with Gasteiger partial charge in [-0.15, -0.1) is 0 Å². The molecule has 2 aromatic carbocycles. The molecule has 0 radical (unpaired) electrons. The van der Waals surface area contributed by atoms with E-state index in [2.05, 4.69) is 30.5 Å². The van der Waals surface area contributed by atoms with Crippen molar-refractivity contribution >= 4 is 17.3 Å². The van der Waals surface area contributed by atoms with E-state index in [1.807, 2.05) is 57.2 Å². The molecule has 2 N–H and O–H groups in total. The second-order valence-corrected chi connectivity index (χ2v) is 7.11. The highest BCUT2D eigenvalue weighted by Crippen LogP contribution is 2.27. The van der Waals surface area contributed by atoms with Crippen molar-refractivity contribution in [2.24, 2.45) is 0 Å². The molecule has 140 valence electrons. The Hall–Kier alpha value is -2.49. The van der Waals surface area contributed by atoms with Gasteiger partial charge >= 0.3 is 0 Å². The number of ether oxygens (including phenoxy) is 1. The molecule has 0 spiro atoms. The molecule has 0 fully saturated rings. The van der Waals surface area contributed by atoms with Gasteiger partial charge < -0.3 is 15.4 Å². The van der Waals surface area contributed by atoms with Gasteiger partial charge in [0, 0.05) is 24.3 Å². The van der Waals surface area contributed by atoms with Gasteiger partial charge in [0.1, 0.15) is 5.75 Å². The van der Waals surface area contributed by atoms with Gasteiger partial charge in [0.25, 0.3) is 0 Å². The fraction of sp³-hybridized carbons (Fsp3) is 0.409. The third kappa shape index (κ3) is 5.80. The Morgan fingerprint density at radius 3 is 2.35 bits per heavy atom. The van der Waals surface area contributed by atoms with Gasteiger partial charge in [-0.05, 0) is 62.1 Å². The quantitative estimate of drug-likeness (QED) is 0.672. The summed E-state index contributed by atoms with van der Waals surface area (Å²) in [6.45, 7) is 10.9. The second kappa shape index (κ2) is 9.27. The average Bonchev–Trinajstić information content (AvgIpc) is 2.57. The van der Waals surface area contributed by atoms with E-state index in [0.717, 1.165) is 22.7 Å². The standard InChI is InChI=1S/C22H30N2O2/c1-15(2)20-8-6-7-17(5)22(20)24-21(25)13-14-23-18-9-11-19(12-10-18)26-16(3)4/h6-12,15-16,23H,13-14H2,1-5H3,(H,24,25). The minimum absolute atomic E-state index is 0.0217. The fourth-order valence-electron chi connectivity index (χ4n) is 2.79. The zero-order chi connectivity index (χ0) is 19.1. The summed E-state index contributed by atoms with van der Waals surface area (Å²) >= 11 is 0. The average molecular weight is 354 g/mol. The summed E-state index contributed by atoms with van der Waals surface area (Å²) in [5, 5.41) is 6.36. The summed E-state index contributed by atoms with van der Waals surface area (Å²) < 4.78 is 5.63. The van der Waals surface area contributed by atoms with Gasteiger partial charge in [-0.25, -0.2) is 0 Å².